The lowest BCUT2D eigenvalue weighted by Crippen LogP contribution is -1.95. The Bertz CT molecular complexity index is 1020. The first-order valence-electron chi connectivity index (χ1n) is 9.46. The van der Waals surface area contributed by atoms with Gasteiger partial charge in [-0.1, -0.05) is 50.2 Å². The van der Waals surface area contributed by atoms with E-state index in [1.165, 1.54) is 28.0 Å². The van der Waals surface area contributed by atoms with Gasteiger partial charge in [-0.3, -0.25) is 0 Å². The zero-order valence-electron chi connectivity index (χ0n) is 16.8. The second kappa shape index (κ2) is 8.86. The molecule has 1 aromatic heterocycles. The molecule has 0 atom stereocenters. The van der Waals surface area contributed by atoms with Crippen LogP contribution in [0.2, 0.25) is 0 Å². The molecule has 0 amide bonds. The van der Waals surface area contributed by atoms with Crippen LogP contribution < -0.4 is 5.32 Å². The summed E-state index contributed by atoms with van der Waals surface area (Å²) in [6, 6.07) is 16.9. The van der Waals surface area contributed by atoms with Crippen molar-refractivity contribution in [1.82, 2.24) is 4.98 Å². The van der Waals surface area contributed by atoms with Crippen molar-refractivity contribution >= 4 is 22.6 Å². The normalized spacial score (nSPS) is 11.5. The van der Waals surface area contributed by atoms with Gasteiger partial charge in [0.2, 0.25) is 0 Å². The third-order valence-electron chi connectivity index (χ3n) is 4.73. The van der Waals surface area contributed by atoms with Crippen molar-refractivity contribution < 1.29 is 0 Å². The molecule has 28 heavy (non-hydrogen) atoms. The summed E-state index contributed by atoms with van der Waals surface area (Å²) in [5.74, 6) is 0.643. The van der Waals surface area contributed by atoms with E-state index >= 15 is 0 Å². The number of aromatic nitrogens is 1. The summed E-state index contributed by atoms with van der Waals surface area (Å²) in [4.78, 5) is 4.68. The minimum Gasteiger partial charge on any atom is -0.360 e. The van der Waals surface area contributed by atoms with E-state index < -0.39 is 0 Å². The highest BCUT2D eigenvalue weighted by molar-refractivity contribution is 7.11. The number of nitriles is 1. The first-order valence-corrected chi connectivity index (χ1v) is 10.3. The molecule has 4 heteroatoms. The molecule has 3 rings (SSSR count). The molecule has 0 fully saturated rings. The summed E-state index contributed by atoms with van der Waals surface area (Å²) in [6.45, 7) is 8.60. The predicted molar refractivity (Wildman–Crippen MR) is 119 cm³/mol. The maximum absolute atomic E-state index is 9.59. The van der Waals surface area contributed by atoms with Gasteiger partial charge in [-0.05, 0) is 48.9 Å². The second-order valence-corrected chi connectivity index (χ2v) is 8.25. The lowest BCUT2D eigenvalue weighted by atomic mass is 10.0. The zero-order chi connectivity index (χ0) is 20.1. The van der Waals surface area contributed by atoms with E-state index in [2.05, 4.69) is 74.4 Å². The lowest BCUT2D eigenvalue weighted by molar-refractivity contribution is 0.647. The number of hydrogen-bond donors (Lipinski definition) is 1. The number of nitrogens with zero attached hydrogens (tertiary/aromatic N) is 2. The number of hydrogen-bond acceptors (Lipinski definition) is 4. The molecule has 3 nitrogen and oxygen atoms in total. The maximum Gasteiger partial charge on any atom is 0.136 e. The largest absolute Gasteiger partial charge is 0.360 e. The second-order valence-electron chi connectivity index (χ2n) is 7.39. The molecule has 142 valence electrons. The molecule has 3 aromatic rings. The quantitative estimate of drug-likeness (QED) is 0.485. The van der Waals surface area contributed by atoms with Crippen LogP contribution in [0.1, 0.15) is 35.5 Å². The topological polar surface area (TPSA) is 48.7 Å². The minimum absolute atomic E-state index is 0.536. The van der Waals surface area contributed by atoms with Gasteiger partial charge in [0, 0.05) is 22.8 Å². The average molecular weight is 388 g/mol. The SMILES string of the molecule is Cc1cccc(N/C=C(/C#N)c2nc(-c3ccc(CC(C)C)cc3)cs2)c1C. The zero-order valence-corrected chi connectivity index (χ0v) is 17.6. The molecule has 0 spiro atoms. The Morgan fingerprint density at radius 1 is 1.18 bits per heavy atom. The Hall–Kier alpha value is -2.90. The average Bonchev–Trinajstić information content (AvgIpc) is 3.15. The van der Waals surface area contributed by atoms with Gasteiger partial charge in [-0.15, -0.1) is 11.3 Å². The van der Waals surface area contributed by atoms with Crippen molar-refractivity contribution in [2.24, 2.45) is 5.92 Å². The van der Waals surface area contributed by atoms with E-state index in [9.17, 15) is 5.26 Å². The van der Waals surface area contributed by atoms with Crippen LogP contribution in [-0.2, 0) is 6.42 Å². The fourth-order valence-electron chi connectivity index (χ4n) is 3.01. The Kier molecular flexibility index (Phi) is 6.28. The smallest absolute Gasteiger partial charge is 0.136 e. The number of benzene rings is 2. The Morgan fingerprint density at radius 2 is 1.93 bits per heavy atom. The van der Waals surface area contributed by atoms with Gasteiger partial charge in [-0.25, -0.2) is 4.98 Å². The van der Waals surface area contributed by atoms with Crippen molar-refractivity contribution in [2.45, 2.75) is 34.1 Å². The molecule has 0 aliphatic carbocycles. The summed E-state index contributed by atoms with van der Waals surface area (Å²) in [6.07, 6.45) is 2.82. The number of anilines is 1. The first-order chi connectivity index (χ1) is 13.5. The molecule has 0 aliphatic heterocycles. The Morgan fingerprint density at radius 3 is 2.61 bits per heavy atom. The highest BCUT2D eigenvalue weighted by Crippen LogP contribution is 2.27. The molecule has 0 saturated carbocycles. The van der Waals surface area contributed by atoms with Crippen LogP contribution in [0.4, 0.5) is 5.69 Å². The summed E-state index contributed by atoms with van der Waals surface area (Å²) < 4.78 is 0. The third-order valence-corrected chi connectivity index (χ3v) is 5.60. The Balaban J connectivity index is 1.79. The summed E-state index contributed by atoms with van der Waals surface area (Å²) in [5.41, 5.74) is 7.26. The van der Waals surface area contributed by atoms with Gasteiger partial charge >= 0.3 is 0 Å². The van der Waals surface area contributed by atoms with Crippen molar-refractivity contribution in [1.29, 1.82) is 5.26 Å². The van der Waals surface area contributed by atoms with Crippen molar-refractivity contribution in [3.8, 4) is 17.3 Å². The van der Waals surface area contributed by atoms with Crippen LogP contribution in [0.25, 0.3) is 16.8 Å². The van der Waals surface area contributed by atoms with Crippen molar-refractivity contribution in [3.05, 3.63) is 75.7 Å². The lowest BCUT2D eigenvalue weighted by Gasteiger charge is -2.08. The first kappa shape index (κ1) is 19.9. The molecule has 1 heterocycles. The summed E-state index contributed by atoms with van der Waals surface area (Å²) in [5, 5.41) is 15.6. The highest BCUT2D eigenvalue weighted by Gasteiger charge is 2.10. The Labute approximate surface area is 171 Å². The number of allylic oxidation sites excluding steroid dienone is 1. The predicted octanol–water partition coefficient (Wildman–Crippen LogP) is 6.60. The van der Waals surface area contributed by atoms with Gasteiger partial charge in [0.15, 0.2) is 0 Å². The molecule has 0 saturated heterocycles. The van der Waals surface area contributed by atoms with Crippen LogP contribution in [0.5, 0.6) is 0 Å². The number of nitrogens with one attached hydrogen (secondary N) is 1. The molecule has 1 N–H and O–H groups in total. The molecular weight excluding hydrogens is 362 g/mol. The van der Waals surface area contributed by atoms with Crippen molar-refractivity contribution in [2.75, 3.05) is 5.32 Å². The molecule has 2 aromatic carbocycles. The van der Waals surface area contributed by atoms with Crippen LogP contribution >= 0.6 is 11.3 Å². The molecule has 0 bridgehead atoms. The highest BCUT2D eigenvalue weighted by atomic mass is 32.1. The van der Waals surface area contributed by atoms with Crippen LogP contribution in [0, 0.1) is 31.1 Å². The van der Waals surface area contributed by atoms with Crippen LogP contribution in [0.3, 0.4) is 0 Å². The standard InChI is InChI=1S/C24H25N3S/c1-16(2)12-19-8-10-20(11-9-19)23-15-28-24(27-23)21(13-25)14-26-22-7-5-6-17(3)18(22)4/h5-11,14-16,26H,12H2,1-4H3/b21-14-. The monoisotopic (exact) mass is 387 g/mol. The number of aryl methyl sites for hydroxylation is 1. The van der Waals surface area contributed by atoms with E-state index in [1.807, 2.05) is 17.5 Å². The number of thiazole rings is 1. The van der Waals surface area contributed by atoms with Gasteiger partial charge in [-0.2, -0.15) is 5.26 Å². The molecule has 0 radical (unpaired) electrons. The van der Waals surface area contributed by atoms with Gasteiger partial charge in [0.1, 0.15) is 16.6 Å². The van der Waals surface area contributed by atoms with E-state index in [1.54, 1.807) is 6.20 Å². The van der Waals surface area contributed by atoms with Gasteiger partial charge in [0.05, 0.1) is 5.69 Å². The van der Waals surface area contributed by atoms with Crippen LogP contribution in [0.15, 0.2) is 54.0 Å². The van der Waals surface area contributed by atoms with Crippen LogP contribution in [-0.4, -0.2) is 4.98 Å². The number of rotatable bonds is 6. The molecular formula is C24H25N3S. The fourth-order valence-corrected chi connectivity index (χ4v) is 3.81. The van der Waals surface area contributed by atoms with Gasteiger partial charge < -0.3 is 5.32 Å². The van der Waals surface area contributed by atoms with E-state index in [0.717, 1.165) is 28.4 Å². The molecule has 0 unspecified atom stereocenters. The third kappa shape index (κ3) is 4.68. The van der Waals surface area contributed by atoms with Crippen molar-refractivity contribution in [3.63, 3.8) is 0 Å². The van der Waals surface area contributed by atoms with E-state index in [0.29, 0.717) is 11.5 Å². The van der Waals surface area contributed by atoms with E-state index in [4.69, 9.17) is 0 Å². The summed E-state index contributed by atoms with van der Waals surface area (Å²) >= 11 is 1.49. The minimum atomic E-state index is 0.536. The summed E-state index contributed by atoms with van der Waals surface area (Å²) in [7, 11) is 0. The maximum atomic E-state index is 9.59. The molecule has 0 aliphatic rings. The fraction of sp³-hybridized carbons (Fsp3) is 0.250. The van der Waals surface area contributed by atoms with Gasteiger partial charge in [0.25, 0.3) is 0 Å². The van der Waals surface area contributed by atoms with E-state index in [-0.39, 0.29) is 0 Å².